The number of anilines is 2. The topological polar surface area (TPSA) is 106 Å². The second kappa shape index (κ2) is 10.9. The number of nitrogens with one attached hydrogen (secondary N) is 1. The normalized spacial score (nSPS) is 14.5. The summed E-state index contributed by atoms with van der Waals surface area (Å²) < 4.78 is 12.1. The van der Waals surface area contributed by atoms with Crippen LogP contribution in [0.25, 0.3) is 21.5 Å². The SMILES string of the molecule is COc1cnc(Nc2ccc(CN3CCN(C(=O)OC(C)(C)C)CC3)cn2)nc1-c1ccc2ncsc2c1. The molecule has 10 nitrogen and oxygen atoms in total. The molecule has 4 aromatic rings. The number of ether oxygens (including phenoxy) is 2. The predicted octanol–water partition coefficient (Wildman–Crippen LogP) is 4.95. The molecule has 0 saturated carbocycles. The molecule has 1 aromatic carbocycles. The molecule has 1 fully saturated rings. The van der Waals surface area contributed by atoms with Gasteiger partial charge in [-0.15, -0.1) is 11.3 Å². The molecule has 1 aliphatic rings. The van der Waals surface area contributed by atoms with Crippen LogP contribution in [0.1, 0.15) is 26.3 Å². The van der Waals surface area contributed by atoms with Gasteiger partial charge in [-0.1, -0.05) is 12.1 Å². The molecule has 0 unspecified atom stereocenters. The first kappa shape index (κ1) is 25.8. The molecular weight excluding hydrogens is 502 g/mol. The number of carbonyl (C=O) groups excluding carboxylic acids is 1. The van der Waals surface area contributed by atoms with Gasteiger partial charge < -0.3 is 19.7 Å². The van der Waals surface area contributed by atoms with Gasteiger partial charge >= 0.3 is 6.09 Å². The minimum atomic E-state index is -0.482. The van der Waals surface area contributed by atoms with Gasteiger partial charge in [-0.3, -0.25) is 4.90 Å². The fraction of sp³-hybridized carbons (Fsp3) is 0.370. The predicted molar refractivity (Wildman–Crippen MR) is 148 cm³/mol. The maximum atomic E-state index is 12.3. The van der Waals surface area contributed by atoms with Crippen molar-refractivity contribution in [1.82, 2.24) is 29.7 Å². The molecule has 3 aromatic heterocycles. The molecule has 0 bridgehead atoms. The largest absolute Gasteiger partial charge is 0.493 e. The number of hydrogen-bond acceptors (Lipinski definition) is 10. The highest BCUT2D eigenvalue weighted by atomic mass is 32.1. The Labute approximate surface area is 225 Å². The van der Waals surface area contributed by atoms with E-state index in [1.807, 2.05) is 56.7 Å². The number of rotatable bonds is 6. The molecule has 0 aliphatic carbocycles. The van der Waals surface area contributed by atoms with E-state index in [2.05, 4.69) is 31.2 Å². The van der Waals surface area contributed by atoms with E-state index >= 15 is 0 Å². The number of thiazole rings is 1. The van der Waals surface area contributed by atoms with Gasteiger partial charge in [0, 0.05) is 44.5 Å². The molecule has 38 heavy (non-hydrogen) atoms. The van der Waals surface area contributed by atoms with Crippen LogP contribution in [0.3, 0.4) is 0 Å². The summed E-state index contributed by atoms with van der Waals surface area (Å²) in [5.41, 5.74) is 5.03. The fourth-order valence-electron chi connectivity index (χ4n) is 4.17. The summed E-state index contributed by atoms with van der Waals surface area (Å²) in [5, 5.41) is 3.19. The Morgan fingerprint density at radius 3 is 2.58 bits per heavy atom. The van der Waals surface area contributed by atoms with Gasteiger partial charge in [0.2, 0.25) is 5.95 Å². The van der Waals surface area contributed by atoms with Gasteiger partial charge in [0.05, 0.1) is 29.0 Å². The van der Waals surface area contributed by atoms with Crippen molar-refractivity contribution < 1.29 is 14.3 Å². The summed E-state index contributed by atoms with van der Waals surface area (Å²) in [7, 11) is 1.61. The first-order valence-electron chi connectivity index (χ1n) is 12.4. The quantitative estimate of drug-likeness (QED) is 0.368. The summed E-state index contributed by atoms with van der Waals surface area (Å²) in [6.45, 7) is 9.29. The monoisotopic (exact) mass is 533 g/mol. The molecular formula is C27H31N7O3S. The minimum Gasteiger partial charge on any atom is -0.493 e. The van der Waals surface area contributed by atoms with Crippen LogP contribution in [0.4, 0.5) is 16.6 Å². The number of carbonyl (C=O) groups is 1. The third-order valence-electron chi connectivity index (χ3n) is 6.07. The lowest BCUT2D eigenvalue weighted by molar-refractivity contribution is 0.0139. The molecule has 11 heteroatoms. The first-order chi connectivity index (χ1) is 18.3. The molecule has 1 saturated heterocycles. The molecule has 0 spiro atoms. The molecule has 0 radical (unpaired) electrons. The Morgan fingerprint density at radius 2 is 1.87 bits per heavy atom. The van der Waals surface area contributed by atoms with Crippen molar-refractivity contribution in [1.29, 1.82) is 0 Å². The van der Waals surface area contributed by atoms with Gasteiger partial charge in [0.25, 0.3) is 0 Å². The number of pyridine rings is 1. The number of aromatic nitrogens is 4. The first-order valence-corrected chi connectivity index (χ1v) is 13.3. The average Bonchev–Trinajstić information content (AvgIpc) is 3.37. The van der Waals surface area contributed by atoms with E-state index in [0.29, 0.717) is 36.3 Å². The second-order valence-electron chi connectivity index (χ2n) is 10.1. The smallest absolute Gasteiger partial charge is 0.410 e. The Hall–Kier alpha value is -3.83. The van der Waals surface area contributed by atoms with E-state index in [4.69, 9.17) is 14.5 Å². The molecule has 5 rings (SSSR count). The summed E-state index contributed by atoms with van der Waals surface area (Å²) in [6.07, 6.45) is 3.26. The van der Waals surface area contributed by atoms with Crippen LogP contribution < -0.4 is 10.1 Å². The lowest BCUT2D eigenvalue weighted by Gasteiger charge is -2.35. The number of benzene rings is 1. The highest BCUT2D eigenvalue weighted by molar-refractivity contribution is 7.16. The van der Waals surface area contributed by atoms with Crippen LogP contribution in [0.2, 0.25) is 0 Å². The third-order valence-corrected chi connectivity index (χ3v) is 6.87. The van der Waals surface area contributed by atoms with Gasteiger partial charge in [-0.25, -0.2) is 24.7 Å². The van der Waals surface area contributed by atoms with Crippen LogP contribution >= 0.6 is 11.3 Å². The maximum absolute atomic E-state index is 12.3. The van der Waals surface area contributed by atoms with Crippen molar-refractivity contribution in [3.8, 4) is 17.0 Å². The number of nitrogens with zero attached hydrogens (tertiary/aromatic N) is 6. The Bertz CT molecular complexity index is 1410. The Kier molecular flexibility index (Phi) is 7.39. The zero-order chi connectivity index (χ0) is 26.7. The number of methoxy groups -OCH3 is 1. The van der Waals surface area contributed by atoms with E-state index in [9.17, 15) is 4.79 Å². The van der Waals surface area contributed by atoms with Gasteiger partial charge in [0.15, 0.2) is 5.75 Å². The minimum absolute atomic E-state index is 0.248. The van der Waals surface area contributed by atoms with Crippen LogP contribution in [-0.2, 0) is 11.3 Å². The number of fused-ring (bicyclic) bond motifs is 1. The number of amides is 1. The second-order valence-corrected chi connectivity index (χ2v) is 11.0. The molecule has 1 aliphatic heterocycles. The lowest BCUT2D eigenvalue weighted by Crippen LogP contribution is -2.49. The summed E-state index contributed by atoms with van der Waals surface area (Å²) in [4.78, 5) is 34.4. The van der Waals surface area contributed by atoms with E-state index in [-0.39, 0.29) is 6.09 Å². The van der Waals surface area contributed by atoms with Crippen molar-refractivity contribution in [3.63, 3.8) is 0 Å². The fourth-order valence-corrected chi connectivity index (χ4v) is 4.89. The zero-order valence-electron chi connectivity index (χ0n) is 22.0. The molecule has 0 atom stereocenters. The average molecular weight is 534 g/mol. The van der Waals surface area contributed by atoms with Gasteiger partial charge in [0.1, 0.15) is 17.1 Å². The highest BCUT2D eigenvalue weighted by Crippen LogP contribution is 2.32. The lowest BCUT2D eigenvalue weighted by atomic mass is 10.1. The van der Waals surface area contributed by atoms with Crippen molar-refractivity contribution >= 4 is 39.4 Å². The van der Waals surface area contributed by atoms with Crippen LogP contribution in [0.15, 0.2) is 48.2 Å². The third kappa shape index (κ3) is 6.17. The van der Waals surface area contributed by atoms with Gasteiger partial charge in [-0.2, -0.15) is 0 Å². The molecule has 1 amide bonds. The maximum Gasteiger partial charge on any atom is 0.410 e. The van der Waals surface area contributed by atoms with Crippen LogP contribution in [-0.4, -0.2) is 74.7 Å². The van der Waals surface area contributed by atoms with E-state index in [0.717, 1.165) is 41.0 Å². The Balaban J connectivity index is 1.20. The standard InChI is InChI=1S/C27H31N7O3S/c1-27(2,3)37-26(35)34-11-9-33(10-12-34)16-18-5-8-23(28-14-18)31-25-29-15-21(36-4)24(32-25)19-6-7-20-22(13-19)38-17-30-20/h5-8,13-15,17H,9-12,16H2,1-4H3,(H,28,29,31,32). The summed E-state index contributed by atoms with van der Waals surface area (Å²) in [5.74, 6) is 1.68. The number of hydrogen-bond donors (Lipinski definition) is 1. The van der Waals surface area contributed by atoms with Crippen molar-refractivity contribution in [2.45, 2.75) is 32.9 Å². The van der Waals surface area contributed by atoms with Crippen molar-refractivity contribution in [2.75, 3.05) is 38.6 Å². The summed E-state index contributed by atoms with van der Waals surface area (Å²) in [6, 6.07) is 9.98. The van der Waals surface area contributed by atoms with E-state index in [1.165, 1.54) is 0 Å². The van der Waals surface area contributed by atoms with E-state index in [1.54, 1.807) is 29.5 Å². The van der Waals surface area contributed by atoms with Crippen LogP contribution in [0, 0.1) is 0 Å². The van der Waals surface area contributed by atoms with Crippen molar-refractivity contribution in [2.24, 2.45) is 0 Å². The molecule has 198 valence electrons. The Morgan fingerprint density at radius 1 is 1.05 bits per heavy atom. The van der Waals surface area contributed by atoms with Gasteiger partial charge in [-0.05, 0) is 44.5 Å². The number of piperazine rings is 1. The van der Waals surface area contributed by atoms with Crippen LogP contribution in [0.5, 0.6) is 5.75 Å². The molecule has 1 N–H and O–H groups in total. The molecule has 4 heterocycles. The zero-order valence-corrected chi connectivity index (χ0v) is 22.8. The highest BCUT2D eigenvalue weighted by Gasteiger charge is 2.25. The van der Waals surface area contributed by atoms with E-state index < -0.39 is 5.60 Å². The summed E-state index contributed by atoms with van der Waals surface area (Å²) >= 11 is 1.59. The van der Waals surface area contributed by atoms with Crippen molar-refractivity contribution in [3.05, 3.63) is 53.8 Å².